The maximum absolute atomic E-state index is 13.0. The molecule has 9 nitrogen and oxygen atoms in total. The fraction of sp³-hybridized carbons (Fsp3) is 0.261. The van der Waals surface area contributed by atoms with Gasteiger partial charge in [0.25, 0.3) is 10.2 Å². The Hall–Kier alpha value is -3.12. The van der Waals surface area contributed by atoms with Crippen LogP contribution in [0.2, 0.25) is 0 Å². The van der Waals surface area contributed by atoms with E-state index in [0.29, 0.717) is 24.4 Å². The fourth-order valence-electron chi connectivity index (χ4n) is 3.25. The molecule has 0 aliphatic heterocycles. The van der Waals surface area contributed by atoms with Crippen molar-refractivity contribution in [1.82, 2.24) is 15.0 Å². The number of hydrogen-bond acceptors (Lipinski definition) is 6. The molecule has 3 aromatic rings. The van der Waals surface area contributed by atoms with Crippen LogP contribution < -0.4 is 20.5 Å². The highest BCUT2D eigenvalue weighted by Crippen LogP contribution is 2.24. The second kappa shape index (κ2) is 12.4. The van der Waals surface area contributed by atoms with Gasteiger partial charge < -0.3 is 10.6 Å². The van der Waals surface area contributed by atoms with Crippen LogP contribution in [0.5, 0.6) is 0 Å². The van der Waals surface area contributed by atoms with Gasteiger partial charge in [-0.05, 0) is 24.8 Å². The summed E-state index contributed by atoms with van der Waals surface area (Å²) >= 11 is 1.30. The van der Waals surface area contributed by atoms with E-state index in [1.165, 1.54) is 11.3 Å². The Morgan fingerprint density at radius 1 is 1.00 bits per heavy atom. The Labute approximate surface area is 203 Å². The lowest BCUT2D eigenvalue weighted by atomic mass is 10.1. The van der Waals surface area contributed by atoms with Crippen molar-refractivity contribution in [2.75, 3.05) is 11.9 Å². The van der Waals surface area contributed by atoms with Crippen molar-refractivity contribution in [2.24, 2.45) is 5.14 Å². The first-order valence-corrected chi connectivity index (χ1v) is 13.2. The SMILES string of the molecule is NS(=O)(=O)NCCCCC(NC(=O)Cc1ccccc1)C(=O)Nc1nc(-c2ccccc2)cs1. The van der Waals surface area contributed by atoms with Crippen molar-refractivity contribution in [3.8, 4) is 11.3 Å². The van der Waals surface area contributed by atoms with Crippen LogP contribution in [-0.4, -0.2) is 37.8 Å². The van der Waals surface area contributed by atoms with E-state index in [4.69, 9.17) is 5.14 Å². The molecule has 0 spiro atoms. The highest BCUT2D eigenvalue weighted by Gasteiger charge is 2.22. The van der Waals surface area contributed by atoms with Crippen molar-refractivity contribution >= 4 is 38.5 Å². The minimum Gasteiger partial charge on any atom is -0.344 e. The molecular formula is C23H27N5O4S2. The van der Waals surface area contributed by atoms with Crippen LogP contribution in [0.1, 0.15) is 24.8 Å². The van der Waals surface area contributed by atoms with Gasteiger partial charge in [-0.2, -0.15) is 8.42 Å². The summed E-state index contributed by atoms with van der Waals surface area (Å²) in [5, 5.41) is 12.8. The van der Waals surface area contributed by atoms with Gasteiger partial charge >= 0.3 is 0 Å². The molecule has 1 heterocycles. The van der Waals surface area contributed by atoms with E-state index in [1.54, 1.807) is 0 Å². The topological polar surface area (TPSA) is 143 Å². The molecule has 34 heavy (non-hydrogen) atoms. The van der Waals surface area contributed by atoms with Crippen LogP contribution in [-0.2, 0) is 26.2 Å². The second-order valence-corrected chi connectivity index (χ2v) is 9.85. The van der Waals surface area contributed by atoms with Gasteiger partial charge in [-0.1, -0.05) is 60.7 Å². The number of hydrogen-bond donors (Lipinski definition) is 4. The van der Waals surface area contributed by atoms with Crippen molar-refractivity contribution in [3.63, 3.8) is 0 Å². The van der Waals surface area contributed by atoms with Crippen molar-refractivity contribution in [3.05, 3.63) is 71.6 Å². The second-order valence-electron chi connectivity index (χ2n) is 7.61. The number of benzene rings is 2. The standard InChI is InChI=1S/C23H27N5O4S2/c24-34(31,32)25-14-8-7-13-19(26-21(29)15-17-9-3-1-4-10-17)22(30)28-23-27-20(16-33-23)18-11-5-2-6-12-18/h1-6,9-12,16,19,25H,7-8,13-15H2,(H,26,29)(H2,24,31,32)(H,27,28,30). The molecule has 2 aromatic carbocycles. The smallest absolute Gasteiger partial charge is 0.274 e. The predicted molar refractivity (Wildman–Crippen MR) is 133 cm³/mol. The van der Waals surface area contributed by atoms with E-state index >= 15 is 0 Å². The molecular weight excluding hydrogens is 474 g/mol. The molecule has 0 fully saturated rings. The van der Waals surface area contributed by atoms with Gasteiger partial charge in [0.2, 0.25) is 11.8 Å². The third kappa shape index (κ3) is 8.67. The van der Waals surface area contributed by atoms with E-state index in [-0.39, 0.29) is 24.8 Å². The lowest BCUT2D eigenvalue weighted by molar-refractivity contribution is -0.126. The summed E-state index contributed by atoms with van der Waals surface area (Å²) in [6, 6.07) is 18.1. The molecule has 0 bridgehead atoms. The number of nitrogens with one attached hydrogen (secondary N) is 3. The van der Waals surface area contributed by atoms with Gasteiger partial charge in [-0.25, -0.2) is 14.8 Å². The first kappa shape index (κ1) is 25.5. The molecule has 2 amide bonds. The number of amides is 2. The van der Waals surface area contributed by atoms with Crippen molar-refractivity contribution in [1.29, 1.82) is 0 Å². The van der Waals surface area contributed by atoms with Crippen LogP contribution in [0, 0.1) is 0 Å². The van der Waals surface area contributed by atoms with Crippen molar-refractivity contribution in [2.45, 2.75) is 31.7 Å². The molecule has 0 saturated heterocycles. The van der Waals surface area contributed by atoms with E-state index in [2.05, 4.69) is 20.3 Å². The number of thiazole rings is 1. The molecule has 1 unspecified atom stereocenters. The zero-order chi connectivity index (χ0) is 24.4. The van der Waals surface area contributed by atoms with Crippen LogP contribution in [0.3, 0.4) is 0 Å². The van der Waals surface area contributed by atoms with Gasteiger partial charge in [0.15, 0.2) is 5.13 Å². The number of anilines is 1. The van der Waals surface area contributed by atoms with Crippen LogP contribution >= 0.6 is 11.3 Å². The quantitative estimate of drug-likeness (QED) is 0.282. The predicted octanol–water partition coefficient (Wildman–Crippen LogP) is 2.44. The summed E-state index contributed by atoms with van der Waals surface area (Å²) in [4.78, 5) is 30.0. The maximum atomic E-state index is 13.0. The van der Waals surface area contributed by atoms with Gasteiger partial charge in [0.1, 0.15) is 6.04 Å². The molecule has 0 aliphatic rings. The molecule has 5 N–H and O–H groups in total. The molecule has 0 aliphatic carbocycles. The summed E-state index contributed by atoms with van der Waals surface area (Å²) < 4.78 is 24.2. The summed E-state index contributed by atoms with van der Waals surface area (Å²) in [5.41, 5.74) is 2.53. The van der Waals surface area contributed by atoms with Crippen LogP contribution in [0.15, 0.2) is 66.0 Å². The van der Waals surface area contributed by atoms with E-state index in [1.807, 2.05) is 66.0 Å². The van der Waals surface area contributed by atoms with Crippen LogP contribution in [0.25, 0.3) is 11.3 Å². The average Bonchev–Trinajstić information content (AvgIpc) is 3.27. The number of unbranched alkanes of at least 4 members (excludes halogenated alkanes) is 1. The lowest BCUT2D eigenvalue weighted by Crippen LogP contribution is -2.44. The molecule has 11 heteroatoms. The zero-order valence-corrected chi connectivity index (χ0v) is 20.1. The Kier molecular flexibility index (Phi) is 9.28. The third-order valence-electron chi connectivity index (χ3n) is 4.89. The number of nitrogens with zero attached hydrogens (tertiary/aromatic N) is 1. The summed E-state index contributed by atoms with van der Waals surface area (Å²) in [5.74, 6) is -0.659. The molecule has 3 rings (SSSR count). The lowest BCUT2D eigenvalue weighted by Gasteiger charge is -2.18. The van der Waals surface area contributed by atoms with Gasteiger partial charge in [0, 0.05) is 17.5 Å². The summed E-state index contributed by atoms with van der Waals surface area (Å²) in [6.45, 7) is 0.151. The minimum atomic E-state index is -3.76. The normalized spacial score (nSPS) is 12.1. The first-order valence-electron chi connectivity index (χ1n) is 10.7. The van der Waals surface area contributed by atoms with E-state index in [0.717, 1.165) is 16.8 Å². The van der Waals surface area contributed by atoms with Crippen LogP contribution in [0.4, 0.5) is 5.13 Å². The molecule has 0 saturated carbocycles. The van der Waals surface area contributed by atoms with Gasteiger partial charge in [-0.15, -0.1) is 11.3 Å². The number of carbonyl (C=O) groups is 2. The monoisotopic (exact) mass is 501 g/mol. The molecule has 1 aromatic heterocycles. The molecule has 1 atom stereocenters. The highest BCUT2D eigenvalue weighted by atomic mass is 32.2. The molecule has 180 valence electrons. The van der Waals surface area contributed by atoms with E-state index in [9.17, 15) is 18.0 Å². The fourth-order valence-corrected chi connectivity index (χ4v) is 4.40. The highest BCUT2D eigenvalue weighted by molar-refractivity contribution is 7.87. The maximum Gasteiger partial charge on any atom is 0.274 e. The van der Waals surface area contributed by atoms with Crippen molar-refractivity contribution < 1.29 is 18.0 Å². The van der Waals surface area contributed by atoms with E-state index < -0.39 is 16.3 Å². The Bertz CT molecular complexity index is 1180. The van der Waals surface area contributed by atoms with Gasteiger partial charge in [0.05, 0.1) is 12.1 Å². The summed E-state index contributed by atoms with van der Waals surface area (Å²) in [7, 11) is -3.76. The first-order chi connectivity index (χ1) is 16.3. The number of carbonyl (C=O) groups excluding carboxylic acids is 2. The number of aromatic nitrogens is 1. The summed E-state index contributed by atoms with van der Waals surface area (Å²) in [6.07, 6.45) is 1.44. The molecule has 0 radical (unpaired) electrons. The average molecular weight is 502 g/mol. The largest absolute Gasteiger partial charge is 0.344 e. The number of rotatable bonds is 12. The third-order valence-corrected chi connectivity index (χ3v) is 6.25. The zero-order valence-electron chi connectivity index (χ0n) is 18.4. The number of nitrogens with two attached hydrogens (primary N) is 1. The minimum absolute atomic E-state index is 0.146. The Morgan fingerprint density at radius 3 is 2.35 bits per heavy atom. The Morgan fingerprint density at radius 2 is 1.68 bits per heavy atom. The Balaban J connectivity index is 1.61. The van der Waals surface area contributed by atoms with Gasteiger partial charge in [-0.3, -0.25) is 9.59 Å².